The largest absolute Gasteiger partial charge is 0.495 e. The van der Waals surface area contributed by atoms with E-state index in [-0.39, 0.29) is 11.7 Å². The Morgan fingerprint density at radius 1 is 1.16 bits per heavy atom. The van der Waals surface area contributed by atoms with E-state index in [1.807, 2.05) is 58.8 Å². The third-order valence-corrected chi connectivity index (χ3v) is 5.76. The van der Waals surface area contributed by atoms with Crippen LogP contribution in [0.5, 0.6) is 5.75 Å². The molecular weight excluding hydrogens is 405 g/mol. The molecule has 162 valence electrons. The van der Waals surface area contributed by atoms with Gasteiger partial charge in [-0.1, -0.05) is 24.3 Å². The van der Waals surface area contributed by atoms with Crippen molar-refractivity contribution < 1.29 is 9.13 Å². The molecule has 3 heterocycles. The molecule has 2 aromatic heterocycles. The second-order valence-corrected chi connectivity index (χ2v) is 7.99. The van der Waals surface area contributed by atoms with Crippen LogP contribution < -0.4 is 4.74 Å². The van der Waals surface area contributed by atoms with Crippen LogP contribution in [0.4, 0.5) is 4.39 Å². The first-order valence-electron chi connectivity index (χ1n) is 10.7. The van der Waals surface area contributed by atoms with Gasteiger partial charge in [0.1, 0.15) is 17.4 Å². The number of halogens is 1. The topological polar surface area (TPSA) is 57.8 Å². The van der Waals surface area contributed by atoms with Crippen molar-refractivity contribution in [2.45, 2.75) is 32.2 Å². The maximum absolute atomic E-state index is 13.7. The van der Waals surface area contributed by atoms with E-state index in [9.17, 15) is 4.39 Å². The Labute approximate surface area is 186 Å². The fourth-order valence-corrected chi connectivity index (χ4v) is 4.21. The van der Waals surface area contributed by atoms with Crippen molar-refractivity contribution in [1.82, 2.24) is 24.3 Å². The van der Waals surface area contributed by atoms with Crippen LogP contribution in [-0.4, -0.2) is 31.4 Å². The lowest BCUT2D eigenvalue weighted by Gasteiger charge is -2.22. The lowest BCUT2D eigenvalue weighted by atomic mass is 9.91. The van der Waals surface area contributed by atoms with Gasteiger partial charge in [-0.15, -0.1) is 0 Å². The van der Waals surface area contributed by atoms with E-state index in [0.717, 1.165) is 53.5 Å². The average Bonchev–Trinajstić information content (AvgIpc) is 3.43. The van der Waals surface area contributed by atoms with E-state index in [0.29, 0.717) is 5.82 Å². The molecule has 0 saturated carbocycles. The summed E-state index contributed by atoms with van der Waals surface area (Å²) in [5, 5.41) is 4.66. The number of hydrogen-bond donors (Lipinski definition) is 0. The molecule has 5 rings (SSSR count). The molecule has 0 unspecified atom stereocenters. The summed E-state index contributed by atoms with van der Waals surface area (Å²) in [7, 11) is 1.66. The number of imidazole rings is 1. The maximum Gasteiger partial charge on any atom is 0.174 e. The summed E-state index contributed by atoms with van der Waals surface area (Å²) in [6.07, 6.45) is 9.55. The minimum absolute atomic E-state index is 0.0621. The Morgan fingerprint density at radius 3 is 2.84 bits per heavy atom. The third-order valence-electron chi connectivity index (χ3n) is 5.76. The minimum Gasteiger partial charge on any atom is -0.495 e. The van der Waals surface area contributed by atoms with Crippen LogP contribution in [0.25, 0.3) is 17.8 Å². The second-order valence-electron chi connectivity index (χ2n) is 7.99. The highest BCUT2D eigenvalue weighted by molar-refractivity contribution is 5.69. The predicted molar refractivity (Wildman–Crippen MR) is 121 cm³/mol. The summed E-state index contributed by atoms with van der Waals surface area (Å²) in [6.45, 7) is 2.78. The van der Waals surface area contributed by atoms with Crippen molar-refractivity contribution in [3.05, 3.63) is 89.3 Å². The van der Waals surface area contributed by atoms with Crippen LogP contribution in [0.15, 0.2) is 55.0 Å². The monoisotopic (exact) mass is 429 g/mol. The summed E-state index contributed by atoms with van der Waals surface area (Å²) >= 11 is 0. The van der Waals surface area contributed by atoms with Gasteiger partial charge in [0.15, 0.2) is 5.82 Å². The zero-order valence-corrected chi connectivity index (χ0v) is 18.1. The highest BCUT2D eigenvalue weighted by Gasteiger charge is 2.25. The molecule has 0 amide bonds. The van der Waals surface area contributed by atoms with Crippen LogP contribution in [-0.2, 0) is 6.54 Å². The van der Waals surface area contributed by atoms with Gasteiger partial charge in [0, 0.05) is 18.7 Å². The highest BCUT2D eigenvalue weighted by Crippen LogP contribution is 2.32. The van der Waals surface area contributed by atoms with E-state index >= 15 is 0 Å². The Bertz CT molecular complexity index is 1290. The number of hydrogen-bond acceptors (Lipinski definition) is 4. The SMILES string of the molecule is COc1cc(C=Cc2nc3n(n2)CCC[C@H]3c2cccc(F)c2)ccc1-n1cnc(C)c1. The van der Waals surface area contributed by atoms with Crippen molar-refractivity contribution in [3.8, 4) is 11.4 Å². The summed E-state index contributed by atoms with van der Waals surface area (Å²) in [5.41, 5.74) is 3.81. The van der Waals surface area contributed by atoms with Crippen LogP contribution in [0.1, 0.15) is 47.2 Å². The zero-order valence-electron chi connectivity index (χ0n) is 18.1. The van der Waals surface area contributed by atoms with Gasteiger partial charge in [-0.2, -0.15) is 5.10 Å². The van der Waals surface area contributed by atoms with Crippen molar-refractivity contribution in [3.63, 3.8) is 0 Å². The molecule has 6 nitrogen and oxygen atoms in total. The number of nitrogens with zero attached hydrogens (tertiary/aromatic N) is 5. The molecule has 0 N–H and O–H groups in total. The zero-order chi connectivity index (χ0) is 22.1. The molecular formula is C25H24FN5O. The van der Waals surface area contributed by atoms with Crippen molar-refractivity contribution in [2.75, 3.05) is 7.11 Å². The molecule has 1 aliphatic heterocycles. The van der Waals surface area contributed by atoms with E-state index in [4.69, 9.17) is 9.72 Å². The molecule has 0 bridgehead atoms. The lowest BCUT2D eigenvalue weighted by molar-refractivity contribution is 0.413. The van der Waals surface area contributed by atoms with Crippen LogP contribution in [0, 0.1) is 12.7 Å². The summed E-state index contributed by atoms with van der Waals surface area (Å²) in [6, 6.07) is 12.8. The van der Waals surface area contributed by atoms with Crippen molar-refractivity contribution >= 4 is 12.2 Å². The molecule has 1 aliphatic rings. The maximum atomic E-state index is 13.7. The van der Waals surface area contributed by atoms with Gasteiger partial charge in [0.25, 0.3) is 0 Å². The van der Waals surface area contributed by atoms with Gasteiger partial charge in [-0.3, -0.25) is 0 Å². The van der Waals surface area contributed by atoms with Crippen LogP contribution in [0.2, 0.25) is 0 Å². The smallest absolute Gasteiger partial charge is 0.174 e. The molecule has 2 aromatic carbocycles. The average molecular weight is 429 g/mol. The fraction of sp³-hybridized carbons (Fsp3) is 0.240. The Kier molecular flexibility index (Phi) is 5.31. The first-order valence-corrected chi connectivity index (χ1v) is 10.7. The van der Waals surface area contributed by atoms with Crippen molar-refractivity contribution in [1.29, 1.82) is 0 Å². The number of fused-ring (bicyclic) bond motifs is 1. The molecule has 0 radical (unpaired) electrons. The van der Waals surface area contributed by atoms with Crippen molar-refractivity contribution in [2.24, 2.45) is 0 Å². The molecule has 7 heteroatoms. The number of methoxy groups -OCH3 is 1. The fourth-order valence-electron chi connectivity index (χ4n) is 4.21. The Morgan fingerprint density at radius 2 is 2.06 bits per heavy atom. The number of benzene rings is 2. The van der Waals surface area contributed by atoms with E-state index in [1.165, 1.54) is 6.07 Å². The first-order chi connectivity index (χ1) is 15.6. The molecule has 0 spiro atoms. The van der Waals surface area contributed by atoms with Gasteiger partial charge in [-0.25, -0.2) is 19.0 Å². The summed E-state index contributed by atoms with van der Waals surface area (Å²) in [4.78, 5) is 9.05. The molecule has 1 atom stereocenters. The van der Waals surface area contributed by atoms with Gasteiger partial charge in [-0.05, 0) is 61.2 Å². The van der Waals surface area contributed by atoms with Gasteiger partial charge < -0.3 is 9.30 Å². The number of aryl methyl sites for hydroxylation is 2. The molecule has 32 heavy (non-hydrogen) atoms. The van der Waals surface area contributed by atoms with Gasteiger partial charge >= 0.3 is 0 Å². The molecule has 0 fully saturated rings. The molecule has 0 saturated heterocycles. The lowest BCUT2D eigenvalue weighted by Crippen LogP contribution is -2.18. The highest BCUT2D eigenvalue weighted by atomic mass is 19.1. The molecule has 0 aliphatic carbocycles. The van der Waals surface area contributed by atoms with E-state index in [2.05, 4.69) is 10.1 Å². The van der Waals surface area contributed by atoms with Crippen LogP contribution >= 0.6 is 0 Å². The van der Waals surface area contributed by atoms with Gasteiger partial charge in [0.05, 0.1) is 24.8 Å². The first kappa shape index (κ1) is 20.2. The summed E-state index contributed by atoms with van der Waals surface area (Å²) in [5.74, 6) is 2.14. The third kappa shape index (κ3) is 3.93. The molecule has 4 aromatic rings. The number of ether oxygens (including phenoxy) is 1. The number of rotatable bonds is 5. The summed E-state index contributed by atoms with van der Waals surface area (Å²) < 4.78 is 23.2. The Balaban J connectivity index is 1.41. The Hall–Kier alpha value is -3.74. The van der Waals surface area contributed by atoms with E-state index < -0.39 is 0 Å². The minimum atomic E-state index is -0.220. The second kappa shape index (κ2) is 8.42. The predicted octanol–water partition coefficient (Wildman–Crippen LogP) is 5.02. The van der Waals surface area contributed by atoms with Gasteiger partial charge in [0.2, 0.25) is 0 Å². The quantitative estimate of drug-likeness (QED) is 0.447. The van der Waals surface area contributed by atoms with E-state index in [1.54, 1.807) is 25.6 Å². The van der Waals surface area contributed by atoms with Crippen LogP contribution in [0.3, 0.4) is 0 Å². The normalized spacial score (nSPS) is 15.8. The standard InChI is InChI=1S/C25H24FN5O/c1-17-15-30(16-27-17)22-10-8-18(13-23(22)32-2)9-11-24-28-25-21(7-4-12-31(25)29-24)19-5-3-6-20(26)14-19/h3,5-6,8-11,13-16,21H,4,7,12H2,1-2H3/t21-/m0/s1. The number of aromatic nitrogens is 5.